The first kappa shape index (κ1) is 34.2. The summed E-state index contributed by atoms with van der Waals surface area (Å²) >= 11 is 0. The van der Waals surface area contributed by atoms with E-state index in [9.17, 15) is 39.3 Å². The minimum Gasteiger partial charge on any atom is -0.480 e. The zero-order valence-corrected chi connectivity index (χ0v) is 22.8. The summed E-state index contributed by atoms with van der Waals surface area (Å²) in [5.41, 5.74) is 5.55. The van der Waals surface area contributed by atoms with Crippen LogP contribution < -0.4 is 16.4 Å². The summed E-state index contributed by atoms with van der Waals surface area (Å²) in [6.07, 6.45) is 1.84. The lowest BCUT2D eigenvalue weighted by Gasteiger charge is -2.33. The van der Waals surface area contributed by atoms with E-state index < -0.39 is 23.9 Å². The van der Waals surface area contributed by atoms with Crippen molar-refractivity contribution in [3.05, 3.63) is 0 Å². The minimum absolute atomic E-state index is 0.0558. The molecule has 1 saturated heterocycles. The number of carbonyl (C=O) groups is 5. The fourth-order valence-electron chi connectivity index (χ4n) is 4.29. The molecule has 15 nitrogen and oxygen atoms in total. The molecule has 0 aromatic heterocycles. The number of unbranched alkanes of at least 4 members (excludes halogenated alkanes) is 1. The van der Waals surface area contributed by atoms with Gasteiger partial charge in [-0.15, -0.1) is 0 Å². The zero-order valence-electron chi connectivity index (χ0n) is 22.8. The second-order valence-corrected chi connectivity index (χ2v) is 9.58. The highest BCUT2D eigenvalue weighted by Crippen LogP contribution is 2.04. The van der Waals surface area contributed by atoms with Crippen LogP contribution in [0.15, 0.2) is 0 Å². The van der Waals surface area contributed by atoms with Gasteiger partial charge in [-0.1, -0.05) is 0 Å². The van der Waals surface area contributed by atoms with Crippen LogP contribution in [0.25, 0.3) is 0 Å². The molecule has 1 rings (SSSR count). The molecule has 0 aromatic rings. The van der Waals surface area contributed by atoms with Gasteiger partial charge in [-0.25, -0.2) is 0 Å². The number of carboxylic acid groups (broad SMARTS) is 3. The van der Waals surface area contributed by atoms with Crippen LogP contribution >= 0.6 is 0 Å². The summed E-state index contributed by atoms with van der Waals surface area (Å²) in [5, 5.41) is 33.5. The SMILES string of the molecule is CCNC(=O)[C@@H](CCCCN)NC(=O)CN1CCN(CC(=O)O)CCN(CC(=O)O)CCN(CC(=O)O)CC1. The summed E-state index contributed by atoms with van der Waals surface area (Å²) in [7, 11) is 0. The van der Waals surface area contributed by atoms with E-state index in [1.165, 1.54) is 0 Å². The molecule has 7 N–H and O–H groups in total. The maximum absolute atomic E-state index is 13.0. The summed E-state index contributed by atoms with van der Waals surface area (Å²) in [5.74, 6) is -3.71. The van der Waals surface area contributed by atoms with Gasteiger partial charge < -0.3 is 31.7 Å². The molecule has 0 radical (unpaired) electrons. The number of aliphatic carboxylic acids is 3. The van der Waals surface area contributed by atoms with Gasteiger partial charge in [0.05, 0.1) is 26.2 Å². The number of hydrogen-bond acceptors (Lipinski definition) is 10. The van der Waals surface area contributed by atoms with Crippen molar-refractivity contribution in [2.75, 3.05) is 91.6 Å². The fraction of sp³-hybridized carbons (Fsp3) is 0.792. The Balaban J connectivity index is 2.99. The lowest BCUT2D eigenvalue weighted by Crippen LogP contribution is -2.52. The van der Waals surface area contributed by atoms with Gasteiger partial charge in [0.25, 0.3) is 0 Å². The predicted octanol–water partition coefficient (Wildman–Crippen LogP) is -2.79. The Morgan fingerprint density at radius 3 is 1.41 bits per heavy atom. The molecule has 1 fully saturated rings. The maximum Gasteiger partial charge on any atom is 0.317 e. The quantitative estimate of drug-likeness (QED) is 0.112. The van der Waals surface area contributed by atoms with Crippen LogP contribution in [0.5, 0.6) is 0 Å². The first-order chi connectivity index (χ1) is 18.5. The third-order valence-electron chi connectivity index (χ3n) is 6.32. The molecule has 15 heteroatoms. The second kappa shape index (κ2) is 19.2. The van der Waals surface area contributed by atoms with Crippen molar-refractivity contribution in [1.82, 2.24) is 30.2 Å². The second-order valence-electron chi connectivity index (χ2n) is 9.58. The number of carbonyl (C=O) groups excluding carboxylic acids is 2. The Morgan fingerprint density at radius 2 is 1.08 bits per heavy atom. The number of hydrogen-bond donors (Lipinski definition) is 6. The molecule has 0 saturated carbocycles. The van der Waals surface area contributed by atoms with Gasteiger partial charge in [-0.3, -0.25) is 43.6 Å². The van der Waals surface area contributed by atoms with Crippen molar-refractivity contribution in [3.63, 3.8) is 0 Å². The van der Waals surface area contributed by atoms with Crippen LogP contribution in [0.2, 0.25) is 0 Å². The highest BCUT2D eigenvalue weighted by molar-refractivity contribution is 5.88. The van der Waals surface area contributed by atoms with Gasteiger partial charge in [-0.05, 0) is 32.7 Å². The zero-order chi connectivity index (χ0) is 29.2. The maximum atomic E-state index is 13.0. The lowest BCUT2D eigenvalue weighted by molar-refractivity contribution is -0.140. The number of nitrogens with one attached hydrogen (secondary N) is 2. The van der Waals surface area contributed by atoms with E-state index in [-0.39, 0.29) is 51.1 Å². The Bertz CT molecular complexity index is 768. The summed E-state index contributed by atoms with van der Waals surface area (Å²) < 4.78 is 0. The number of amides is 2. The van der Waals surface area contributed by atoms with Crippen molar-refractivity contribution in [3.8, 4) is 0 Å². The molecule has 1 aliphatic heterocycles. The monoisotopic (exact) mass is 559 g/mol. The molecule has 2 amide bonds. The molecular weight excluding hydrogens is 514 g/mol. The van der Waals surface area contributed by atoms with Crippen molar-refractivity contribution >= 4 is 29.7 Å². The van der Waals surface area contributed by atoms with E-state index >= 15 is 0 Å². The van der Waals surface area contributed by atoms with Gasteiger partial charge in [0.1, 0.15) is 6.04 Å². The standard InChI is InChI=1S/C24H45N7O8/c1-2-26-24(39)19(5-3-4-6-25)27-20(32)15-28-7-9-29(16-21(33)34)11-13-31(18-23(37)38)14-12-30(10-8-28)17-22(35)36/h19H,2-18,25H2,1H3,(H,26,39)(H,27,32)(H,33,34)(H,35,36)(H,37,38)/t19-/m1/s1. The van der Waals surface area contributed by atoms with Gasteiger partial charge in [0.15, 0.2) is 0 Å². The third-order valence-corrected chi connectivity index (χ3v) is 6.32. The van der Waals surface area contributed by atoms with Crippen molar-refractivity contribution in [2.45, 2.75) is 32.2 Å². The van der Waals surface area contributed by atoms with E-state index in [0.717, 1.165) is 6.42 Å². The molecule has 0 unspecified atom stereocenters. The first-order valence-corrected chi connectivity index (χ1v) is 13.4. The minimum atomic E-state index is -1.03. The third kappa shape index (κ3) is 16.0. The largest absolute Gasteiger partial charge is 0.480 e. The fourth-order valence-corrected chi connectivity index (χ4v) is 4.29. The van der Waals surface area contributed by atoms with Crippen molar-refractivity contribution < 1.29 is 39.3 Å². The van der Waals surface area contributed by atoms with Crippen LogP contribution in [-0.4, -0.2) is 162 Å². The van der Waals surface area contributed by atoms with Crippen LogP contribution in [0.3, 0.4) is 0 Å². The van der Waals surface area contributed by atoms with Crippen LogP contribution in [0.4, 0.5) is 0 Å². The molecule has 1 atom stereocenters. The van der Waals surface area contributed by atoms with E-state index in [1.54, 1.807) is 21.6 Å². The van der Waals surface area contributed by atoms with Crippen molar-refractivity contribution in [2.24, 2.45) is 5.73 Å². The summed E-state index contributed by atoms with van der Waals surface area (Å²) in [6, 6.07) is -0.705. The number of carboxylic acids is 3. The van der Waals surface area contributed by atoms with Gasteiger partial charge in [0, 0.05) is 58.9 Å². The Morgan fingerprint density at radius 1 is 0.692 bits per heavy atom. The van der Waals surface area contributed by atoms with Gasteiger partial charge >= 0.3 is 17.9 Å². The molecule has 0 aliphatic carbocycles. The number of rotatable bonds is 15. The Hall–Kier alpha value is -2.85. The molecular formula is C24H45N7O8. The Labute approximate surface area is 229 Å². The lowest BCUT2D eigenvalue weighted by atomic mass is 10.1. The average molecular weight is 560 g/mol. The number of likely N-dealkylation sites (N-methyl/N-ethyl adjacent to an activating group) is 1. The average Bonchev–Trinajstić information content (AvgIpc) is 2.84. The molecule has 39 heavy (non-hydrogen) atoms. The highest BCUT2D eigenvalue weighted by Gasteiger charge is 2.23. The molecule has 0 spiro atoms. The molecule has 1 aliphatic rings. The first-order valence-electron chi connectivity index (χ1n) is 13.4. The summed E-state index contributed by atoms with van der Waals surface area (Å²) in [6.45, 7) is 4.32. The molecule has 0 bridgehead atoms. The van der Waals surface area contributed by atoms with E-state index in [1.807, 2.05) is 4.90 Å². The van der Waals surface area contributed by atoms with E-state index in [4.69, 9.17) is 5.73 Å². The number of nitrogens with two attached hydrogens (primary N) is 1. The van der Waals surface area contributed by atoms with Crippen LogP contribution in [0, 0.1) is 0 Å². The topological polar surface area (TPSA) is 209 Å². The van der Waals surface area contributed by atoms with E-state index in [0.29, 0.717) is 65.2 Å². The Kier molecular flexibility index (Phi) is 16.9. The molecule has 0 aromatic carbocycles. The smallest absolute Gasteiger partial charge is 0.317 e. The molecule has 1 heterocycles. The van der Waals surface area contributed by atoms with Gasteiger partial charge in [-0.2, -0.15) is 0 Å². The molecule has 224 valence electrons. The van der Waals surface area contributed by atoms with E-state index in [2.05, 4.69) is 10.6 Å². The van der Waals surface area contributed by atoms with Crippen LogP contribution in [-0.2, 0) is 24.0 Å². The normalized spacial score (nSPS) is 17.9. The highest BCUT2D eigenvalue weighted by atomic mass is 16.4. The van der Waals surface area contributed by atoms with Crippen LogP contribution in [0.1, 0.15) is 26.2 Å². The van der Waals surface area contributed by atoms with Gasteiger partial charge in [0.2, 0.25) is 11.8 Å². The van der Waals surface area contributed by atoms with Crippen molar-refractivity contribution in [1.29, 1.82) is 0 Å². The number of nitrogens with zero attached hydrogens (tertiary/aromatic N) is 4. The summed E-state index contributed by atoms with van der Waals surface area (Å²) in [4.78, 5) is 66.4. The predicted molar refractivity (Wildman–Crippen MR) is 142 cm³/mol.